The van der Waals surface area contributed by atoms with Gasteiger partial charge in [0, 0.05) is 24.7 Å². The first-order chi connectivity index (χ1) is 13.5. The Hall–Kier alpha value is -2.82. The zero-order valence-corrected chi connectivity index (χ0v) is 16.6. The van der Waals surface area contributed by atoms with Gasteiger partial charge in [0.05, 0.1) is 0 Å². The number of hydrogen-bond acceptors (Lipinski definition) is 3. The van der Waals surface area contributed by atoms with Crippen molar-refractivity contribution in [1.82, 2.24) is 4.90 Å². The molecule has 0 aliphatic carbocycles. The van der Waals surface area contributed by atoms with E-state index in [0.717, 1.165) is 17.7 Å². The Morgan fingerprint density at radius 3 is 2.29 bits per heavy atom. The molecule has 0 atom stereocenters. The molecule has 2 aromatic carbocycles. The van der Waals surface area contributed by atoms with E-state index in [1.54, 1.807) is 4.90 Å². The number of benzene rings is 2. The van der Waals surface area contributed by atoms with Crippen LogP contribution in [0.5, 0.6) is 5.75 Å². The van der Waals surface area contributed by atoms with Crippen molar-refractivity contribution in [2.24, 2.45) is 5.92 Å². The smallest absolute Gasteiger partial charge is 0.260 e. The zero-order chi connectivity index (χ0) is 19.9. The number of likely N-dealkylation sites (tertiary alicyclic amines) is 1. The second-order valence-corrected chi connectivity index (χ2v) is 7.30. The van der Waals surface area contributed by atoms with Crippen LogP contribution < -0.4 is 10.1 Å². The van der Waals surface area contributed by atoms with Crippen molar-refractivity contribution >= 4 is 17.5 Å². The van der Waals surface area contributed by atoms with Crippen LogP contribution in [0.2, 0.25) is 0 Å². The molecule has 1 heterocycles. The van der Waals surface area contributed by atoms with Crippen molar-refractivity contribution in [3.8, 4) is 5.75 Å². The van der Waals surface area contributed by atoms with Crippen LogP contribution in [0.4, 0.5) is 5.69 Å². The lowest BCUT2D eigenvalue weighted by Gasteiger charge is -2.31. The number of anilines is 1. The number of nitrogens with one attached hydrogen (secondary N) is 1. The molecule has 0 saturated carbocycles. The lowest BCUT2D eigenvalue weighted by molar-refractivity contribution is -0.136. The van der Waals surface area contributed by atoms with Crippen LogP contribution in [0.3, 0.4) is 0 Å². The van der Waals surface area contributed by atoms with Crippen molar-refractivity contribution < 1.29 is 14.3 Å². The second kappa shape index (κ2) is 9.40. The fourth-order valence-electron chi connectivity index (χ4n) is 3.33. The summed E-state index contributed by atoms with van der Waals surface area (Å²) in [5, 5.41) is 2.99. The first-order valence-electron chi connectivity index (χ1n) is 9.92. The monoisotopic (exact) mass is 380 g/mol. The lowest BCUT2D eigenvalue weighted by atomic mass is 9.95. The van der Waals surface area contributed by atoms with Crippen molar-refractivity contribution in [3.63, 3.8) is 0 Å². The average molecular weight is 380 g/mol. The Bertz CT molecular complexity index is 792. The number of aryl methyl sites for hydroxylation is 2. The first-order valence-corrected chi connectivity index (χ1v) is 9.92. The maximum atomic E-state index is 12.5. The van der Waals surface area contributed by atoms with Gasteiger partial charge in [0.25, 0.3) is 5.91 Å². The van der Waals surface area contributed by atoms with Crippen LogP contribution in [0.15, 0.2) is 48.5 Å². The molecule has 1 N–H and O–H groups in total. The molecule has 2 aromatic rings. The van der Waals surface area contributed by atoms with E-state index < -0.39 is 0 Å². The van der Waals surface area contributed by atoms with Crippen LogP contribution in [0, 0.1) is 12.8 Å². The van der Waals surface area contributed by atoms with Gasteiger partial charge in [-0.3, -0.25) is 9.59 Å². The maximum Gasteiger partial charge on any atom is 0.260 e. The summed E-state index contributed by atoms with van der Waals surface area (Å²) in [5.74, 6) is 0.636. The van der Waals surface area contributed by atoms with Crippen molar-refractivity contribution in [2.45, 2.75) is 33.1 Å². The molecule has 3 rings (SSSR count). The van der Waals surface area contributed by atoms with E-state index in [1.165, 1.54) is 5.56 Å². The number of amides is 2. The summed E-state index contributed by atoms with van der Waals surface area (Å²) >= 11 is 0. The summed E-state index contributed by atoms with van der Waals surface area (Å²) in [5.41, 5.74) is 3.23. The summed E-state index contributed by atoms with van der Waals surface area (Å²) < 4.78 is 5.58. The number of piperidine rings is 1. The predicted molar refractivity (Wildman–Crippen MR) is 110 cm³/mol. The highest BCUT2D eigenvalue weighted by atomic mass is 16.5. The van der Waals surface area contributed by atoms with E-state index in [1.807, 2.05) is 55.5 Å². The number of ether oxygens (including phenoxy) is 1. The Labute approximate surface area is 166 Å². The van der Waals surface area contributed by atoms with E-state index in [2.05, 4.69) is 12.2 Å². The number of rotatable bonds is 6. The molecule has 2 amide bonds. The molecule has 0 unspecified atom stereocenters. The number of nitrogens with zero attached hydrogens (tertiary/aromatic N) is 1. The highest BCUT2D eigenvalue weighted by molar-refractivity contribution is 5.92. The van der Waals surface area contributed by atoms with Crippen molar-refractivity contribution in [3.05, 3.63) is 59.7 Å². The second-order valence-electron chi connectivity index (χ2n) is 7.30. The van der Waals surface area contributed by atoms with Crippen molar-refractivity contribution in [1.29, 1.82) is 0 Å². The van der Waals surface area contributed by atoms with E-state index in [-0.39, 0.29) is 24.3 Å². The molecule has 28 heavy (non-hydrogen) atoms. The van der Waals surface area contributed by atoms with Gasteiger partial charge in [0.2, 0.25) is 5.91 Å². The summed E-state index contributed by atoms with van der Waals surface area (Å²) in [7, 11) is 0. The zero-order valence-electron chi connectivity index (χ0n) is 16.6. The Balaban J connectivity index is 1.43. The molecule has 0 aromatic heterocycles. The standard InChI is InChI=1S/C23H28N2O3/c1-3-18-6-8-20(9-7-18)24-23(27)19-12-14-25(15-13-19)22(26)16-28-21-10-4-17(2)5-11-21/h4-11,19H,3,12-16H2,1-2H3,(H,24,27). The predicted octanol–water partition coefficient (Wildman–Crippen LogP) is 3.81. The summed E-state index contributed by atoms with van der Waals surface area (Å²) in [6.45, 7) is 5.32. The molecular formula is C23H28N2O3. The van der Waals surface area contributed by atoms with E-state index >= 15 is 0 Å². The van der Waals surface area contributed by atoms with Gasteiger partial charge >= 0.3 is 0 Å². The number of carbonyl (C=O) groups excluding carboxylic acids is 2. The van der Waals surface area contributed by atoms with Gasteiger partial charge in [-0.15, -0.1) is 0 Å². The summed E-state index contributed by atoms with van der Waals surface area (Å²) in [6.07, 6.45) is 2.33. The molecule has 1 fully saturated rings. The Morgan fingerprint density at radius 1 is 1.04 bits per heavy atom. The first kappa shape index (κ1) is 19.9. The van der Waals surface area contributed by atoms with Gasteiger partial charge in [-0.25, -0.2) is 0 Å². The molecule has 0 radical (unpaired) electrons. The van der Waals surface area contributed by atoms with E-state index in [0.29, 0.717) is 31.7 Å². The van der Waals surface area contributed by atoms with Crippen LogP contribution in [0.1, 0.15) is 30.9 Å². The van der Waals surface area contributed by atoms with E-state index in [4.69, 9.17) is 4.74 Å². The third-order valence-electron chi connectivity index (χ3n) is 5.23. The Morgan fingerprint density at radius 2 is 1.68 bits per heavy atom. The molecule has 5 heteroatoms. The quantitative estimate of drug-likeness (QED) is 0.829. The van der Waals surface area contributed by atoms with Gasteiger partial charge < -0.3 is 15.0 Å². The van der Waals surface area contributed by atoms with Crippen molar-refractivity contribution in [2.75, 3.05) is 25.0 Å². The maximum absolute atomic E-state index is 12.5. The normalized spacial score (nSPS) is 14.6. The molecule has 148 valence electrons. The molecule has 1 aliphatic rings. The van der Waals surface area contributed by atoms with Crippen LogP contribution in [-0.2, 0) is 16.0 Å². The summed E-state index contributed by atoms with van der Waals surface area (Å²) in [6, 6.07) is 15.6. The largest absolute Gasteiger partial charge is 0.484 e. The Kier molecular flexibility index (Phi) is 6.69. The van der Waals surface area contributed by atoms with Gasteiger partial charge in [-0.05, 0) is 56.0 Å². The molecular weight excluding hydrogens is 352 g/mol. The van der Waals surface area contributed by atoms with Crippen LogP contribution in [0.25, 0.3) is 0 Å². The third-order valence-corrected chi connectivity index (χ3v) is 5.23. The molecule has 1 aliphatic heterocycles. The van der Waals surface area contributed by atoms with Gasteiger partial charge in [-0.2, -0.15) is 0 Å². The minimum absolute atomic E-state index is 0.0314. The number of hydrogen-bond donors (Lipinski definition) is 1. The lowest BCUT2D eigenvalue weighted by Crippen LogP contribution is -2.43. The van der Waals surface area contributed by atoms with E-state index in [9.17, 15) is 9.59 Å². The highest BCUT2D eigenvalue weighted by Crippen LogP contribution is 2.20. The minimum Gasteiger partial charge on any atom is -0.484 e. The fourth-order valence-corrected chi connectivity index (χ4v) is 3.33. The average Bonchev–Trinajstić information content (AvgIpc) is 2.73. The van der Waals surface area contributed by atoms with Gasteiger partial charge in [-0.1, -0.05) is 36.8 Å². The van der Waals surface area contributed by atoms with Gasteiger partial charge in [0.15, 0.2) is 6.61 Å². The third kappa shape index (κ3) is 5.35. The van der Waals surface area contributed by atoms with Crippen LogP contribution >= 0.6 is 0 Å². The van der Waals surface area contributed by atoms with Gasteiger partial charge in [0.1, 0.15) is 5.75 Å². The molecule has 5 nitrogen and oxygen atoms in total. The molecule has 1 saturated heterocycles. The molecule has 0 bridgehead atoms. The SMILES string of the molecule is CCc1ccc(NC(=O)C2CCN(C(=O)COc3ccc(C)cc3)CC2)cc1. The molecule has 0 spiro atoms. The minimum atomic E-state index is -0.0621. The fraction of sp³-hybridized carbons (Fsp3) is 0.391. The summed E-state index contributed by atoms with van der Waals surface area (Å²) in [4.78, 5) is 26.6. The van der Waals surface area contributed by atoms with Crippen LogP contribution in [-0.4, -0.2) is 36.4 Å². The number of carbonyl (C=O) groups is 2. The topological polar surface area (TPSA) is 58.6 Å². The highest BCUT2D eigenvalue weighted by Gasteiger charge is 2.27.